The molecule has 0 aromatic heterocycles. The Hall–Kier alpha value is -1.84. The Bertz CT molecular complexity index is 528. The Labute approximate surface area is 126 Å². The van der Waals surface area contributed by atoms with Gasteiger partial charge >= 0.3 is 0 Å². The number of benzene rings is 2. The van der Waals surface area contributed by atoms with E-state index in [1.807, 2.05) is 43.4 Å². The lowest BCUT2D eigenvalue weighted by molar-refractivity contribution is 0.0338. The van der Waals surface area contributed by atoms with Crippen LogP contribution in [-0.2, 0) is 4.74 Å². The van der Waals surface area contributed by atoms with E-state index in [9.17, 15) is 0 Å². The van der Waals surface area contributed by atoms with Crippen molar-refractivity contribution < 1.29 is 9.47 Å². The molecule has 0 amide bonds. The molecule has 2 rings (SSSR count). The van der Waals surface area contributed by atoms with Gasteiger partial charge in [0.2, 0.25) is 0 Å². The standard InChI is InChI=1S/C18H23NO2/c1-15-8-6-7-11-17(15)18(14-19-2)21-13-12-20-16-9-4-3-5-10-16/h3-11,18-19H,12-14H2,1-2H3. The Morgan fingerprint density at radius 2 is 1.67 bits per heavy atom. The molecule has 0 saturated carbocycles. The van der Waals surface area contributed by atoms with Gasteiger partial charge in [-0.15, -0.1) is 0 Å². The summed E-state index contributed by atoms with van der Waals surface area (Å²) in [5, 5.41) is 3.19. The van der Waals surface area contributed by atoms with E-state index in [2.05, 4.69) is 30.4 Å². The van der Waals surface area contributed by atoms with Crippen LogP contribution in [0.2, 0.25) is 0 Å². The van der Waals surface area contributed by atoms with Gasteiger partial charge in [-0.3, -0.25) is 0 Å². The molecule has 0 fully saturated rings. The van der Waals surface area contributed by atoms with E-state index in [1.54, 1.807) is 0 Å². The molecule has 0 aliphatic heterocycles. The van der Waals surface area contributed by atoms with Gasteiger partial charge in [-0.1, -0.05) is 42.5 Å². The number of hydrogen-bond donors (Lipinski definition) is 1. The fourth-order valence-corrected chi connectivity index (χ4v) is 2.26. The number of nitrogens with one attached hydrogen (secondary N) is 1. The molecule has 0 aliphatic carbocycles. The zero-order valence-corrected chi connectivity index (χ0v) is 12.7. The summed E-state index contributed by atoms with van der Waals surface area (Å²) in [5.41, 5.74) is 2.48. The Balaban J connectivity index is 1.85. The number of likely N-dealkylation sites (N-methyl/N-ethyl adjacent to an activating group) is 1. The molecule has 21 heavy (non-hydrogen) atoms. The predicted molar refractivity (Wildman–Crippen MR) is 85.7 cm³/mol. The second kappa shape index (κ2) is 8.45. The number of aryl methyl sites for hydroxylation is 1. The third-order valence-electron chi connectivity index (χ3n) is 3.34. The summed E-state index contributed by atoms with van der Waals surface area (Å²) < 4.78 is 11.6. The second-order valence-corrected chi connectivity index (χ2v) is 4.94. The summed E-state index contributed by atoms with van der Waals surface area (Å²) in [6.45, 7) is 4.02. The Kier molecular flexibility index (Phi) is 6.25. The minimum absolute atomic E-state index is 0.0515. The number of hydrogen-bond acceptors (Lipinski definition) is 3. The maximum atomic E-state index is 5.98. The van der Waals surface area contributed by atoms with Crippen LogP contribution in [0.5, 0.6) is 5.75 Å². The van der Waals surface area contributed by atoms with Crippen LogP contribution in [0.1, 0.15) is 17.2 Å². The van der Waals surface area contributed by atoms with Crippen molar-refractivity contribution in [2.45, 2.75) is 13.0 Å². The van der Waals surface area contributed by atoms with Crippen molar-refractivity contribution in [3.05, 3.63) is 65.7 Å². The fraction of sp³-hybridized carbons (Fsp3) is 0.333. The topological polar surface area (TPSA) is 30.5 Å². The van der Waals surface area contributed by atoms with Crippen LogP contribution in [0.3, 0.4) is 0 Å². The molecule has 112 valence electrons. The van der Waals surface area contributed by atoms with Gasteiger partial charge in [-0.05, 0) is 37.2 Å². The molecule has 0 radical (unpaired) electrons. The van der Waals surface area contributed by atoms with E-state index >= 15 is 0 Å². The molecule has 2 aromatic carbocycles. The van der Waals surface area contributed by atoms with E-state index < -0.39 is 0 Å². The lowest BCUT2D eigenvalue weighted by Crippen LogP contribution is -2.22. The van der Waals surface area contributed by atoms with Crippen LogP contribution in [0.4, 0.5) is 0 Å². The number of rotatable bonds is 8. The van der Waals surface area contributed by atoms with Gasteiger partial charge in [-0.25, -0.2) is 0 Å². The largest absolute Gasteiger partial charge is 0.491 e. The number of para-hydroxylation sites is 1. The zero-order chi connectivity index (χ0) is 14.9. The number of ether oxygens (including phenoxy) is 2. The van der Waals surface area contributed by atoms with E-state index in [1.165, 1.54) is 11.1 Å². The molecular weight excluding hydrogens is 262 g/mol. The predicted octanol–water partition coefficient (Wildman–Crippen LogP) is 3.35. The average Bonchev–Trinajstić information content (AvgIpc) is 2.52. The van der Waals surface area contributed by atoms with Crippen molar-refractivity contribution in [2.24, 2.45) is 0 Å². The SMILES string of the molecule is CNCC(OCCOc1ccccc1)c1ccccc1C. The van der Waals surface area contributed by atoms with Gasteiger partial charge in [-0.2, -0.15) is 0 Å². The molecule has 2 aromatic rings. The lowest BCUT2D eigenvalue weighted by atomic mass is 10.0. The lowest BCUT2D eigenvalue weighted by Gasteiger charge is -2.20. The highest BCUT2D eigenvalue weighted by Crippen LogP contribution is 2.20. The smallest absolute Gasteiger partial charge is 0.119 e. The van der Waals surface area contributed by atoms with Crippen molar-refractivity contribution in [3.8, 4) is 5.75 Å². The molecular formula is C18H23NO2. The van der Waals surface area contributed by atoms with E-state index in [-0.39, 0.29) is 6.10 Å². The van der Waals surface area contributed by atoms with Gasteiger partial charge in [0, 0.05) is 6.54 Å². The minimum atomic E-state index is 0.0515. The van der Waals surface area contributed by atoms with E-state index in [0.29, 0.717) is 13.2 Å². The highest BCUT2D eigenvalue weighted by atomic mass is 16.5. The second-order valence-electron chi connectivity index (χ2n) is 4.94. The van der Waals surface area contributed by atoms with Gasteiger partial charge in [0.15, 0.2) is 0 Å². The third kappa shape index (κ3) is 4.88. The van der Waals surface area contributed by atoms with Gasteiger partial charge < -0.3 is 14.8 Å². The van der Waals surface area contributed by atoms with Crippen LogP contribution in [0.15, 0.2) is 54.6 Å². The summed E-state index contributed by atoms with van der Waals surface area (Å²) >= 11 is 0. The summed E-state index contributed by atoms with van der Waals surface area (Å²) in [4.78, 5) is 0. The molecule has 0 heterocycles. The van der Waals surface area contributed by atoms with Gasteiger partial charge in [0.1, 0.15) is 12.4 Å². The summed E-state index contributed by atoms with van der Waals surface area (Å²) in [6.07, 6.45) is 0.0515. The van der Waals surface area contributed by atoms with E-state index in [4.69, 9.17) is 9.47 Å². The Morgan fingerprint density at radius 3 is 2.38 bits per heavy atom. The van der Waals surface area contributed by atoms with Crippen LogP contribution >= 0.6 is 0 Å². The maximum absolute atomic E-state index is 5.98. The average molecular weight is 285 g/mol. The first-order valence-electron chi connectivity index (χ1n) is 7.31. The van der Waals surface area contributed by atoms with Crippen molar-refractivity contribution in [2.75, 3.05) is 26.8 Å². The van der Waals surface area contributed by atoms with Crippen molar-refractivity contribution in [1.82, 2.24) is 5.32 Å². The first-order chi connectivity index (χ1) is 10.3. The molecule has 1 atom stereocenters. The van der Waals surface area contributed by atoms with Crippen molar-refractivity contribution in [1.29, 1.82) is 0 Å². The molecule has 1 unspecified atom stereocenters. The molecule has 0 spiro atoms. The highest BCUT2D eigenvalue weighted by Gasteiger charge is 2.13. The molecule has 0 saturated heterocycles. The summed E-state index contributed by atoms with van der Waals surface area (Å²) in [6, 6.07) is 18.1. The molecule has 1 N–H and O–H groups in total. The van der Waals surface area contributed by atoms with E-state index in [0.717, 1.165) is 12.3 Å². The van der Waals surface area contributed by atoms with Gasteiger partial charge in [0.05, 0.1) is 12.7 Å². The van der Waals surface area contributed by atoms with Crippen molar-refractivity contribution >= 4 is 0 Å². The van der Waals surface area contributed by atoms with Gasteiger partial charge in [0.25, 0.3) is 0 Å². The quantitative estimate of drug-likeness (QED) is 0.755. The van der Waals surface area contributed by atoms with Crippen LogP contribution in [0, 0.1) is 6.92 Å². The normalized spacial score (nSPS) is 12.1. The first-order valence-corrected chi connectivity index (χ1v) is 7.31. The monoisotopic (exact) mass is 285 g/mol. The third-order valence-corrected chi connectivity index (χ3v) is 3.34. The first kappa shape index (κ1) is 15.5. The summed E-state index contributed by atoms with van der Waals surface area (Å²) in [7, 11) is 1.94. The Morgan fingerprint density at radius 1 is 0.952 bits per heavy atom. The van der Waals surface area contributed by atoms with Crippen LogP contribution < -0.4 is 10.1 Å². The molecule has 0 aliphatic rings. The minimum Gasteiger partial charge on any atom is -0.491 e. The maximum Gasteiger partial charge on any atom is 0.119 e. The molecule has 0 bridgehead atoms. The fourth-order valence-electron chi connectivity index (χ4n) is 2.26. The summed E-state index contributed by atoms with van der Waals surface area (Å²) in [5.74, 6) is 0.877. The molecule has 3 nitrogen and oxygen atoms in total. The van der Waals surface area contributed by atoms with Crippen LogP contribution in [0.25, 0.3) is 0 Å². The molecule has 3 heteroatoms. The van der Waals surface area contributed by atoms with Crippen molar-refractivity contribution in [3.63, 3.8) is 0 Å². The zero-order valence-electron chi connectivity index (χ0n) is 12.7. The highest BCUT2D eigenvalue weighted by molar-refractivity contribution is 5.28. The van der Waals surface area contributed by atoms with Crippen LogP contribution in [-0.4, -0.2) is 26.8 Å².